The van der Waals surface area contributed by atoms with Gasteiger partial charge in [0, 0.05) is 40.7 Å². The van der Waals surface area contributed by atoms with Crippen LogP contribution in [0.1, 0.15) is 30.9 Å². The first-order valence-electron chi connectivity index (χ1n) is 11.5. The molecule has 9 aliphatic carbocycles. The minimum atomic E-state index is -0.816. The molecule has 0 radical (unpaired) electrons. The number of allylic oxidation sites excluding steroid dienone is 2. The van der Waals surface area contributed by atoms with Crippen LogP contribution in [0.15, 0.2) is 65.7 Å². The van der Waals surface area contributed by atoms with E-state index in [2.05, 4.69) is 31.2 Å². The van der Waals surface area contributed by atoms with Gasteiger partial charge in [0.05, 0.1) is 10.3 Å². The second-order valence-corrected chi connectivity index (χ2v) is 11.0. The molecule has 0 aromatic heterocycles. The van der Waals surface area contributed by atoms with E-state index in [9.17, 15) is 19.7 Å². The SMILES string of the molecule is C[C@@]12C[C@@]3(c4ccccc4)C4=C1[C@@H]1C[C@H]4[C@@H]4C(=O)[C@H]3[C@@H]2C(=O)[C@]14c1ccc([N+](=O)[O-])cc1. The third kappa shape index (κ3) is 1.37. The van der Waals surface area contributed by atoms with Crippen molar-refractivity contribution in [1.29, 1.82) is 0 Å². The summed E-state index contributed by atoms with van der Waals surface area (Å²) in [4.78, 5) is 39.5. The zero-order valence-corrected chi connectivity index (χ0v) is 17.6. The maximum atomic E-state index is 14.5. The third-order valence-electron chi connectivity index (χ3n) is 10.4. The van der Waals surface area contributed by atoms with E-state index in [0.29, 0.717) is 0 Å². The minimum Gasteiger partial charge on any atom is -0.299 e. The van der Waals surface area contributed by atoms with Crippen molar-refractivity contribution < 1.29 is 14.5 Å². The summed E-state index contributed by atoms with van der Waals surface area (Å²) in [5.74, 6) is -0.157. The van der Waals surface area contributed by atoms with E-state index in [4.69, 9.17) is 0 Å². The third-order valence-corrected chi connectivity index (χ3v) is 10.4. The van der Waals surface area contributed by atoms with Crippen LogP contribution in [0, 0.1) is 45.1 Å². The number of carbonyl (C=O) groups excluding carboxylic acids is 2. The van der Waals surface area contributed by atoms with Crippen LogP contribution >= 0.6 is 0 Å². The highest BCUT2D eigenvalue weighted by Gasteiger charge is 2.89. The molecule has 5 nitrogen and oxygen atoms in total. The second kappa shape index (κ2) is 4.80. The number of benzene rings is 2. The molecule has 2 aromatic rings. The Labute approximate surface area is 184 Å². The van der Waals surface area contributed by atoms with Gasteiger partial charge in [0.25, 0.3) is 5.69 Å². The van der Waals surface area contributed by atoms with E-state index < -0.39 is 10.3 Å². The van der Waals surface area contributed by atoms with Gasteiger partial charge < -0.3 is 0 Å². The van der Waals surface area contributed by atoms with Crippen molar-refractivity contribution in [2.45, 2.75) is 30.6 Å². The lowest BCUT2D eigenvalue weighted by Gasteiger charge is -2.63. The molecule has 5 saturated carbocycles. The average molecular weight is 423 g/mol. The molecule has 0 saturated heterocycles. The van der Waals surface area contributed by atoms with Gasteiger partial charge in [-0.3, -0.25) is 19.7 Å². The maximum Gasteiger partial charge on any atom is 0.269 e. The molecule has 10 bridgehead atoms. The Morgan fingerprint density at radius 2 is 1.62 bits per heavy atom. The normalized spacial score (nSPS) is 45.7. The number of Topliss-reactive ketones (excluding diaryl/α,β-unsaturated/α-hetero) is 2. The molecule has 5 fully saturated rings. The van der Waals surface area contributed by atoms with Crippen LogP contribution < -0.4 is 0 Å². The quantitative estimate of drug-likeness (QED) is 0.422. The number of nitro benzene ring substituents is 1. The van der Waals surface area contributed by atoms with Gasteiger partial charge in [-0.05, 0) is 35.8 Å². The highest BCUT2D eigenvalue weighted by atomic mass is 16.6. The van der Waals surface area contributed by atoms with E-state index in [1.165, 1.54) is 28.8 Å². The van der Waals surface area contributed by atoms with Crippen molar-refractivity contribution in [3.05, 3.63) is 87.0 Å². The average Bonchev–Trinajstić information content (AvgIpc) is 3.51. The van der Waals surface area contributed by atoms with Crippen LogP contribution in [0.4, 0.5) is 5.69 Å². The second-order valence-electron chi connectivity index (χ2n) is 11.0. The van der Waals surface area contributed by atoms with Gasteiger partial charge in [-0.15, -0.1) is 0 Å². The van der Waals surface area contributed by atoms with Gasteiger partial charge in [0.2, 0.25) is 0 Å². The molecule has 9 aliphatic rings. The molecule has 32 heavy (non-hydrogen) atoms. The predicted molar refractivity (Wildman–Crippen MR) is 115 cm³/mol. The first-order valence-corrected chi connectivity index (χ1v) is 11.5. The number of nitrogens with zero attached hydrogens (tertiary/aromatic N) is 1. The number of nitro groups is 1. The van der Waals surface area contributed by atoms with E-state index in [1.54, 1.807) is 12.1 Å². The number of non-ortho nitro benzene ring substituents is 1. The Morgan fingerprint density at radius 3 is 2.31 bits per heavy atom. The van der Waals surface area contributed by atoms with Gasteiger partial charge in [-0.1, -0.05) is 60.5 Å². The van der Waals surface area contributed by atoms with Crippen molar-refractivity contribution >= 4 is 17.3 Å². The standard InChI is InChI=1S/C27H21NO4/c1-25-12-26(13-5-3-2-4-6-13)18-16-11-17(20(18)25)27(14-7-9-15(10-8-14)28(31)32)19(16)23(29)21(26)22(25)24(27)30/h2-10,16-17,19,21-22H,11-12H2,1H3/t16-,17+,19-,21-,22-,25-,26-,27-/m1/s1. The number of hydrogen-bond acceptors (Lipinski definition) is 4. The molecule has 0 aliphatic heterocycles. The van der Waals surface area contributed by atoms with Crippen LogP contribution in [0.5, 0.6) is 0 Å². The van der Waals surface area contributed by atoms with Crippen LogP contribution in [0.3, 0.4) is 0 Å². The fourth-order valence-electron chi connectivity index (χ4n) is 9.98. The number of hydrogen-bond donors (Lipinski definition) is 0. The molecule has 0 heterocycles. The summed E-state index contributed by atoms with van der Waals surface area (Å²) in [5.41, 5.74) is 3.64. The molecule has 158 valence electrons. The van der Waals surface area contributed by atoms with Gasteiger partial charge in [-0.25, -0.2) is 0 Å². The number of ketones is 2. The van der Waals surface area contributed by atoms with E-state index >= 15 is 0 Å². The van der Waals surface area contributed by atoms with Crippen LogP contribution in [-0.2, 0) is 20.4 Å². The van der Waals surface area contributed by atoms with Crippen LogP contribution in [0.2, 0.25) is 0 Å². The monoisotopic (exact) mass is 423 g/mol. The smallest absolute Gasteiger partial charge is 0.269 e. The molecule has 5 heteroatoms. The van der Waals surface area contributed by atoms with Crippen molar-refractivity contribution in [1.82, 2.24) is 0 Å². The van der Waals surface area contributed by atoms with Crippen LogP contribution in [0.25, 0.3) is 0 Å². The fraction of sp³-hybridized carbons (Fsp3) is 0.407. The lowest BCUT2D eigenvalue weighted by Crippen LogP contribution is -2.70. The lowest BCUT2D eigenvalue weighted by molar-refractivity contribution is -0.384. The number of carbonyl (C=O) groups is 2. The van der Waals surface area contributed by atoms with Crippen molar-refractivity contribution in [2.75, 3.05) is 0 Å². The molecular formula is C27H21NO4. The summed E-state index contributed by atoms with van der Waals surface area (Å²) in [6, 6.07) is 16.9. The molecule has 11 rings (SSSR count). The molecule has 0 unspecified atom stereocenters. The summed E-state index contributed by atoms with van der Waals surface area (Å²) >= 11 is 0. The maximum absolute atomic E-state index is 14.5. The van der Waals surface area contributed by atoms with Crippen LogP contribution in [-0.4, -0.2) is 16.5 Å². The minimum absolute atomic E-state index is 0.0201. The Morgan fingerprint density at radius 1 is 0.906 bits per heavy atom. The Bertz CT molecular complexity index is 1340. The van der Waals surface area contributed by atoms with Gasteiger partial charge in [0.1, 0.15) is 11.6 Å². The van der Waals surface area contributed by atoms with Gasteiger partial charge >= 0.3 is 0 Å². The Hall–Kier alpha value is -3.08. The van der Waals surface area contributed by atoms with Crippen molar-refractivity contribution in [3.8, 4) is 0 Å². The summed E-state index contributed by atoms with van der Waals surface area (Å²) in [6.07, 6.45) is 1.74. The molecule has 8 atom stereocenters. The first-order chi connectivity index (χ1) is 15.4. The van der Waals surface area contributed by atoms with E-state index in [-0.39, 0.29) is 57.7 Å². The fourth-order valence-corrected chi connectivity index (χ4v) is 9.98. The highest BCUT2D eigenvalue weighted by Crippen LogP contribution is 2.87. The summed E-state index contributed by atoms with van der Waals surface area (Å²) in [7, 11) is 0. The zero-order chi connectivity index (χ0) is 21.8. The Balaban J connectivity index is 1.43. The largest absolute Gasteiger partial charge is 0.299 e. The first kappa shape index (κ1) is 17.5. The predicted octanol–water partition coefficient (Wildman–Crippen LogP) is 4.15. The van der Waals surface area contributed by atoms with E-state index in [0.717, 1.165) is 18.4 Å². The van der Waals surface area contributed by atoms with Gasteiger partial charge in [0.15, 0.2) is 0 Å². The molecule has 0 amide bonds. The molecule has 0 N–H and O–H groups in total. The highest BCUT2D eigenvalue weighted by molar-refractivity contribution is 6.13. The molecule has 2 aromatic carbocycles. The van der Waals surface area contributed by atoms with Crippen molar-refractivity contribution in [3.63, 3.8) is 0 Å². The molecular weight excluding hydrogens is 402 g/mol. The number of rotatable bonds is 3. The van der Waals surface area contributed by atoms with Crippen molar-refractivity contribution in [2.24, 2.45) is 35.0 Å². The zero-order valence-electron chi connectivity index (χ0n) is 17.6. The summed E-state index contributed by atoms with van der Waals surface area (Å²) in [5, 5.41) is 11.2. The Kier molecular flexibility index (Phi) is 2.62. The summed E-state index contributed by atoms with van der Waals surface area (Å²) in [6.45, 7) is 2.24. The topological polar surface area (TPSA) is 77.3 Å². The lowest BCUT2D eigenvalue weighted by atomic mass is 9.37. The van der Waals surface area contributed by atoms with Gasteiger partial charge in [-0.2, -0.15) is 0 Å². The van der Waals surface area contributed by atoms with E-state index in [1.807, 2.05) is 6.07 Å². The summed E-state index contributed by atoms with van der Waals surface area (Å²) < 4.78 is 0. The molecule has 0 spiro atoms.